The zero-order chi connectivity index (χ0) is 16.0. The minimum absolute atomic E-state index is 0.239. The predicted molar refractivity (Wildman–Crippen MR) is 77.4 cm³/mol. The highest BCUT2D eigenvalue weighted by Crippen LogP contribution is 2.20. The molecule has 21 heavy (non-hydrogen) atoms. The summed E-state index contributed by atoms with van der Waals surface area (Å²) in [6, 6.07) is 5.02. The van der Waals surface area contributed by atoms with Gasteiger partial charge in [-0.05, 0) is 38.5 Å². The first-order valence-corrected chi connectivity index (χ1v) is 6.49. The smallest absolute Gasteiger partial charge is 0.407 e. The number of hydrogen-bond acceptors (Lipinski definition) is 5. The van der Waals surface area contributed by atoms with Gasteiger partial charge < -0.3 is 19.5 Å². The lowest BCUT2D eigenvalue weighted by atomic mass is 10.1. The van der Waals surface area contributed by atoms with Crippen molar-refractivity contribution in [1.29, 1.82) is 0 Å². The first kappa shape index (κ1) is 16.8. The first-order valence-electron chi connectivity index (χ1n) is 6.49. The van der Waals surface area contributed by atoms with E-state index in [1.165, 1.54) is 14.2 Å². The normalized spacial score (nSPS) is 10.7. The molecule has 1 aromatic rings. The van der Waals surface area contributed by atoms with Gasteiger partial charge >= 0.3 is 12.1 Å². The van der Waals surface area contributed by atoms with Crippen molar-refractivity contribution in [2.75, 3.05) is 14.2 Å². The highest BCUT2D eigenvalue weighted by Gasteiger charge is 2.17. The van der Waals surface area contributed by atoms with Crippen molar-refractivity contribution in [2.24, 2.45) is 0 Å². The standard InChI is InChI=1S/C15H21NO5/c1-15(2,3)21-14(18)16-9-10-6-7-12(19-4)11(8-10)13(17)20-5/h6-8H,9H2,1-5H3,(H,16,18). The van der Waals surface area contributed by atoms with E-state index in [-0.39, 0.29) is 6.54 Å². The van der Waals surface area contributed by atoms with Crippen LogP contribution in [-0.4, -0.2) is 31.9 Å². The molecule has 1 aromatic carbocycles. The van der Waals surface area contributed by atoms with Gasteiger partial charge in [-0.15, -0.1) is 0 Å². The molecule has 0 heterocycles. The Morgan fingerprint density at radius 1 is 1.19 bits per heavy atom. The van der Waals surface area contributed by atoms with Crippen LogP contribution in [0, 0.1) is 0 Å². The molecule has 0 radical (unpaired) electrons. The monoisotopic (exact) mass is 295 g/mol. The van der Waals surface area contributed by atoms with Gasteiger partial charge in [-0.2, -0.15) is 0 Å². The number of methoxy groups -OCH3 is 2. The Hall–Kier alpha value is -2.24. The molecule has 0 aliphatic heterocycles. The molecule has 1 N–H and O–H groups in total. The van der Waals surface area contributed by atoms with Gasteiger partial charge in [0.1, 0.15) is 16.9 Å². The van der Waals surface area contributed by atoms with Crippen LogP contribution in [-0.2, 0) is 16.0 Å². The topological polar surface area (TPSA) is 73.9 Å². The molecule has 0 fully saturated rings. The maximum absolute atomic E-state index is 11.7. The number of rotatable bonds is 4. The second-order valence-corrected chi connectivity index (χ2v) is 5.38. The molecule has 0 saturated heterocycles. The molecule has 1 rings (SSSR count). The predicted octanol–water partition coefficient (Wildman–Crippen LogP) is 2.51. The fourth-order valence-corrected chi connectivity index (χ4v) is 1.62. The van der Waals surface area contributed by atoms with Crippen LogP contribution in [0.2, 0.25) is 0 Å². The minimum Gasteiger partial charge on any atom is -0.496 e. The zero-order valence-corrected chi connectivity index (χ0v) is 13.0. The number of ether oxygens (including phenoxy) is 3. The Labute approximate surface area is 124 Å². The summed E-state index contributed by atoms with van der Waals surface area (Å²) in [4.78, 5) is 23.2. The molecular formula is C15H21NO5. The fraction of sp³-hybridized carbons (Fsp3) is 0.467. The average molecular weight is 295 g/mol. The minimum atomic E-state index is -0.554. The van der Waals surface area contributed by atoms with E-state index in [9.17, 15) is 9.59 Å². The third-order valence-corrected chi connectivity index (χ3v) is 2.50. The van der Waals surface area contributed by atoms with Crippen LogP contribution in [0.15, 0.2) is 18.2 Å². The van der Waals surface area contributed by atoms with Gasteiger partial charge in [0.2, 0.25) is 0 Å². The maximum atomic E-state index is 11.7. The van der Waals surface area contributed by atoms with Gasteiger partial charge in [0.15, 0.2) is 0 Å². The second kappa shape index (κ2) is 6.97. The molecule has 6 nitrogen and oxygen atoms in total. The van der Waals surface area contributed by atoms with E-state index in [4.69, 9.17) is 14.2 Å². The van der Waals surface area contributed by atoms with Crippen LogP contribution >= 0.6 is 0 Å². The maximum Gasteiger partial charge on any atom is 0.407 e. The molecule has 6 heteroatoms. The van der Waals surface area contributed by atoms with Gasteiger partial charge in [-0.1, -0.05) is 6.07 Å². The van der Waals surface area contributed by atoms with Crippen molar-refractivity contribution < 1.29 is 23.8 Å². The Morgan fingerprint density at radius 2 is 1.86 bits per heavy atom. The largest absolute Gasteiger partial charge is 0.496 e. The van der Waals surface area contributed by atoms with E-state index in [1.54, 1.807) is 39.0 Å². The van der Waals surface area contributed by atoms with Crippen LogP contribution in [0.3, 0.4) is 0 Å². The SMILES string of the molecule is COC(=O)c1cc(CNC(=O)OC(C)(C)C)ccc1OC. The number of carbonyl (C=O) groups excluding carboxylic acids is 2. The summed E-state index contributed by atoms with van der Waals surface area (Å²) < 4.78 is 14.9. The summed E-state index contributed by atoms with van der Waals surface area (Å²) in [5, 5.41) is 2.62. The van der Waals surface area contributed by atoms with Crippen LogP contribution in [0.25, 0.3) is 0 Å². The van der Waals surface area contributed by atoms with E-state index in [0.717, 1.165) is 5.56 Å². The number of esters is 1. The third-order valence-electron chi connectivity index (χ3n) is 2.50. The number of benzene rings is 1. The van der Waals surface area contributed by atoms with E-state index >= 15 is 0 Å². The van der Waals surface area contributed by atoms with Gasteiger partial charge in [0.05, 0.1) is 14.2 Å². The van der Waals surface area contributed by atoms with Gasteiger partial charge in [-0.3, -0.25) is 0 Å². The van der Waals surface area contributed by atoms with Crippen molar-refractivity contribution in [3.05, 3.63) is 29.3 Å². The van der Waals surface area contributed by atoms with E-state index in [2.05, 4.69) is 5.32 Å². The molecule has 1 amide bonds. The Bertz CT molecular complexity index is 519. The van der Waals surface area contributed by atoms with Gasteiger partial charge in [-0.25, -0.2) is 9.59 Å². The molecule has 0 aromatic heterocycles. The summed E-state index contributed by atoms with van der Waals surface area (Å²) in [5.74, 6) is -0.0752. The molecule has 0 aliphatic carbocycles. The number of carbonyl (C=O) groups is 2. The first-order chi connectivity index (χ1) is 9.76. The lowest BCUT2D eigenvalue weighted by molar-refractivity contribution is 0.0523. The van der Waals surface area contributed by atoms with Gasteiger partial charge in [0, 0.05) is 6.54 Å². The van der Waals surface area contributed by atoms with Crippen molar-refractivity contribution in [1.82, 2.24) is 5.32 Å². The molecule has 0 atom stereocenters. The summed E-state index contributed by atoms with van der Waals surface area (Å²) in [6.07, 6.45) is -0.516. The lowest BCUT2D eigenvalue weighted by Crippen LogP contribution is -2.32. The zero-order valence-electron chi connectivity index (χ0n) is 13.0. The van der Waals surface area contributed by atoms with E-state index < -0.39 is 17.7 Å². The molecule has 0 aliphatic rings. The number of alkyl carbamates (subject to hydrolysis) is 1. The fourth-order valence-electron chi connectivity index (χ4n) is 1.62. The van der Waals surface area contributed by atoms with Crippen molar-refractivity contribution >= 4 is 12.1 Å². The molecular weight excluding hydrogens is 274 g/mol. The quantitative estimate of drug-likeness (QED) is 0.864. The summed E-state index contributed by atoms with van der Waals surface area (Å²) >= 11 is 0. The summed E-state index contributed by atoms with van der Waals surface area (Å²) in [6.45, 7) is 5.60. The van der Waals surface area contributed by atoms with E-state index in [0.29, 0.717) is 11.3 Å². The lowest BCUT2D eigenvalue weighted by Gasteiger charge is -2.19. The van der Waals surface area contributed by atoms with Crippen molar-refractivity contribution in [3.63, 3.8) is 0 Å². The summed E-state index contributed by atoms with van der Waals surface area (Å²) in [5.41, 5.74) is 0.492. The number of hydrogen-bond donors (Lipinski definition) is 1. The Balaban J connectivity index is 2.77. The van der Waals surface area contributed by atoms with Crippen LogP contribution in [0.5, 0.6) is 5.75 Å². The molecule has 116 valence electrons. The molecule has 0 spiro atoms. The Morgan fingerprint density at radius 3 is 2.38 bits per heavy atom. The number of amides is 1. The molecule has 0 saturated carbocycles. The highest BCUT2D eigenvalue weighted by atomic mass is 16.6. The molecule has 0 unspecified atom stereocenters. The average Bonchev–Trinajstić information content (AvgIpc) is 2.42. The molecule has 0 bridgehead atoms. The Kier molecular flexibility index (Phi) is 5.58. The van der Waals surface area contributed by atoms with Crippen molar-refractivity contribution in [3.8, 4) is 5.75 Å². The third kappa shape index (κ3) is 5.33. The van der Waals surface area contributed by atoms with E-state index in [1.807, 2.05) is 0 Å². The van der Waals surface area contributed by atoms with Crippen molar-refractivity contribution in [2.45, 2.75) is 32.9 Å². The van der Waals surface area contributed by atoms with Crippen LogP contribution < -0.4 is 10.1 Å². The second-order valence-electron chi connectivity index (χ2n) is 5.38. The van der Waals surface area contributed by atoms with Gasteiger partial charge in [0.25, 0.3) is 0 Å². The van der Waals surface area contributed by atoms with Crippen LogP contribution in [0.4, 0.5) is 4.79 Å². The highest BCUT2D eigenvalue weighted by molar-refractivity contribution is 5.92. The number of nitrogens with one attached hydrogen (secondary N) is 1. The summed E-state index contributed by atoms with van der Waals surface area (Å²) in [7, 11) is 2.77. The van der Waals surface area contributed by atoms with Crippen LogP contribution in [0.1, 0.15) is 36.7 Å².